The fraction of sp³-hybridized carbons (Fsp3) is 0.227. The van der Waals surface area contributed by atoms with Crippen LogP contribution in [-0.2, 0) is 4.74 Å². The van der Waals surface area contributed by atoms with Gasteiger partial charge in [-0.2, -0.15) is 0 Å². The number of nitrogens with zero attached hydrogens (tertiary/aromatic N) is 1. The van der Waals surface area contributed by atoms with Crippen LogP contribution in [0.3, 0.4) is 0 Å². The van der Waals surface area contributed by atoms with Gasteiger partial charge in [0.2, 0.25) is 11.8 Å². The molecule has 0 fully saturated rings. The molecule has 0 spiro atoms. The summed E-state index contributed by atoms with van der Waals surface area (Å²) < 4.78 is 5.94. The number of rotatable bonds is 5. The number of carbonyl (C=O) groups excluding carboxylic acids is 1. The second-order valence-corrected chi connectivity index (χ2v) is 6.97. The maximum Gasteiger partial charge on any atom is 0.534 e. The molecular formula is C22H22N2O5. The minimum atomic E-state index is -1.02. The lowest BCUT2D eigenvalue weighted by molar-refractivity contribution is 0.0341. The number of hydrogen-bond donors (Lipinski definition) is 3. The van der Waals surface area contributed by atoms with E-state index >= 15 is 0 Å². The highest BCUT2D eigenvalue weighted by Gasteiger charge is 2.30. The molecule has 0 amide bonds. The minimum absolute atomic E-state index is 0.0701. The third kappa shape index (κ3) is 3.47. The molecule has 7 heteroatoms. The predicted octanol–water partition coefficient (Wildman–Crippen LogP) is 4.02. The molecule has 29 heavy (non-hydrogen) atoms. The van der Waals surface area contributed by atoms with E-state index in [-0.39, 0.29) is 12.5 Å². The van der Waals surface area contributed by atoms with Crippen molar-refractivity contribution in [3.8, 4) is 22.9 Å². The minimum Gasteiger partial charge on any atom is -0.492 e. The van der Waals surface area contributed by atoms with E-state index < -0.39 is 17.9 Å². The molecule has 0 radical (unpaired) electrons. The lowest BCUT2D eigenvalue weighted by atomic mass is 9.96. The molecule has 0 bridgehead atoms. The number of carbonyl (C=O) groups is 1. The zero-order valence-corrected chi connectivity index (χ0v) is 16.2. The van der Waals surface area contributed by atoms with Crippen LogP contribution in [0.1, 0.15) is 29.5 Å². The van der Waals surface area contributed by atoms with E-state index in [4.69, 9.17) is 9.57 Å². The molecule has 2 aromatic carbocycles. The molecule has 0 saturated heterocycles. The Kier molecular flexibility index (Phi) is 4.80. The van der Waals surface area contributed by atoms with Crippen LogP contribution >= 0.6 is 0 Å². The molecule has 1 aromatic heterocycles. The van der Waals surface area contributed by atoms with Crippen LogP contribution in [0.15, 0.2) is 48.5 Å². The highest BCUT2D eigenvalue weighted by atomic mass is 16.8. The molecule has 0 aliphatic heterocycles. The molecule has 4 rings (SSSR count). The molecule has 1 unspecified atom stereocenters. The van der Waals surface area contributed by atoms with Crippen molar-refractivity contribution in [1.82, 2.24) is 4.73 Å². The number of aryl methyl sites for hydroxylation is 1. The average molecular weight is 394 g/mol. The SMILES string of the molecule is CCNc1ccc2c(c1)C(COC(=O)On1c(O)ccc1O)c1cc(C)ccc1-2. The molecule has 3 aromatic rings. The number of aromatic nitrogens is 1. The van der Waals surface area contributed by atoms with Gasteiger partial charge >= 0.3 is 6.16 Å². The summed E-state index contributed by atoms with van der Waals surface area (Å²) in [5.74, 6) is -0.943. The van der Waals surface area contributed by atoms with Gasteiger partial charge in [-0.25, -0.2) is 4.79 Å². The second kappa shape index (κ2) is 7.43. The Balaban J connectivity index is 1.58. The first-order chi connectivity index (χ1) is 14.0. The van der Waals surface area contributed by atoms with Gasteiger partial charge in [-0.1, -0.05) is 29.8 Å². The van der Waals surface area contributed by atoms with Gasteiger partial charge in [0.25, 0.3) is 0 Å². The zero-order valence-electron chi connectivity index (χ0n) is 16.2. The molecule has 1 aliphatic rings. The molecule has 7 nitrogen and oxygen atoms in total. The summed E-state index contributed by atoms with van der Waals surface area (Å²) in [4.78, 5) is 17.0. The predicted molar refractivity (Wildman–Crippen MR) is 108 cm³/mol. The third-order valence-corrected chi connectivity index (χ3v) is 5.01. The van der Waals surface area contributed by atoms with Gasteiger partial charge in [0.15, 0.2) is 0 Å². The summed E-state index contributed by atoms with van der Waals surface area (Å²) in [5.41, 5.74) is 6.53. The molecule has 3 N–H and O–H groups in total. The van der Waals surface area contributed by atoms with Gasteiger partial charge < -0.3 is 20.3 Å². The van der Waals surface area contributed by atoms with Crippen molar-refractivity contribution in [3.05, 3.63) is 65.2 Å². The van der Waals surface area contributed by atoms with Crippen molar-refractivity contribution in [3.63, 3.8) is 0 Å². The van der Waals surface area contributed by atoms with Gasteiger partial charge in [-0.15, -0.1) is 4.73 Å². The van der Waals surface area contributed by atoms with Crippen LogP contribution in [0.2, 0.25) is 0 Å². The summed E-state index contributed by atoms with van der Waals surface area (Å²) in [5, 5.41) is 22.5. The van der Waals surface area contributed by atoms with E-state index in [0.29, 0.717) is 4.73 Å². The molecule has 0 saturated carbocycles. The van der Waals surface area contributed by atoms with Crippen LogP contribution in [0, 0.1) is 6.92 Å². The smallest absolute Gasteiger partial charge is 0.492 e. The van der Waals surface area contributed by atoms with Gasteiger partial charge in [-0.05, 0) is 48.2 Å². The maximum atomic E-state index is 12.1. The second-order valence-electron chi connectivity index (χ2n) is 6.97. The van der Waals surface area contributed by atoms with Crippen LogP contribution in [0.25, 0.3) is 11.1 Å². The highest BCUT2D eigenvalue weighted by molar-refractivity contribution is 5.81. The van der Waals surface area contributed by atoms with Crippen molar-refractivity contribution in [1.29, 1.82) is 0 Å². The number of nitrogens with one attached hydrogen (secondary N) is 1. The van der Waals surface area contributed by atoms with Crippen LogP contribution in [-0.4, -0.2) is 34.3 Å². The normalized spacial score (nSPS) is 14.2. The van der Waals surface area contributed by atoms with Gasteiger partial charge in [-0.3, -0.25) is 4.84 Å². The lowest BCUT2D eigenvalue weighted by Gasteiger charge is -2.15. The topological polar surface area (TPSA) is 93.0 Å². The van der Waals surface area contributed by atoms with Crippen LogP contribution in [0.5, 0.6) is 11.8 Å². The van der Waals surface area contributed by atoms with Crippen molar-refractivity contribution in [2.45, 2.75) is 19.8 Å². The summed E-state index contributed by atoms with van der Waals surface area (Å²) in [6.45, 7) is 4.94. The quantitative estimate of drug-likeness (QED) is 0.566. The van der Waals surface area contributed by atoms with Gasteiger partial charge in [0, 0.05) is 30.3 Å². The van der Waals surface area contributed by atoms with E-state index in [1.54, 1.807) is 0 Å². The van der Waals surface area contributed by atoms with E-state index in [0.717, 1.165) is 40.0 Å². The fourth-order valence-electron chi connectivity index (χ4n) is 3.72. The molecule has 150 valence electrons. The number of ether oxygens (including phenoxy) is 1. The Hall–Kier alpha value is -3.61. The van der Waals surface area contributed by atoms with E-state index in [1.807, 2.05) is 19.9 Å². The van der Waals surface area contributed by atoms with E-state index in [9.17, 15) is 15.0 Å². The third-order valence-electron chi connectivity index (χ3n) is 5.01. The number of hydrogen-bond acceptors (Lipinski definition) is 6. The first-order valence-corrected chi connectivity index (χ1v) is 9.41. The number of fused-ring (bicyclic) bond motifs is 3. The molecular weight excluding hydrogens is 372 g/mol. The molecule has 1 atom stereocenters. The standard InChI is InChI=1S/C22H22N2O5/c1-3-23-14-5-7-16-15-6-4-13(2)10-17(15)19(18(16)11-14)12-28-22(27)29-24-20(25)8-9-21(24)26/h4-11,19,23,25-26H,3,12H2,1-2H3. The van der Waals surface area contributed by atoms with E-state index in [1.165, 1.54) is 12.1 Å². The lowest BCUT2D eigenvalue weighted by Crippen LogP contribution is -2.22. The van der Waals surface area contributed by atoms with Crippen molar-refractivity contribution >= 4 is 11.8 Å². The Morgan fingerprint density at radius 1 is 1.03 bits per heavy atom. The Labute approximate surface area is 168 Å². The summed E-state index contributed by atoms with van der Waals surface area (Å²) in [6.07, 6.45) is -1.02. The molecule has 1 aliphatic carbocycles. The highest BCUT2D eigenvalue weighted by Crippen LogP contribution is 2.46. The van der Waals surface area contributed by atoms with Crippen LogP contribution < -0.4 is 10.2 Å². The maximum absolute atomic E-state index is 12.1. The first kappa shape index (κ1) is 18.7. The Morgan fingerprint density at radius 3 is 2.38 bits per heavy atom. The molecule has 1 heterocycles. The summed E-state index contributed by atoms with van der Waals surface area (Å²) in [6, 6.07) is 14.9. The van der Waals surface area contributed by atoms with Gasteiger partial charge in [0.05, 0.1) is 0 Å². The van der Waals surface area contributed by atoms with Crippen molar-refractivity contribution in [2.75, 3.05) is 18.5 Å². The summed E-state index contributed by atoms with van der Waals surface area (Å²) in [7, 11) is 0. The average Bonchev–Trinajstić information content (AvgIpc) is 3.17. The van der Waals surface area contributed by atoms with E-state index in [2.05, 4.69) is 35.6 Å². The Morgan fingerprint density at radius 2 is 1.69 bits per heavy atom. The fourth-order valence-corrected chi connectivity index (χ4v) is 3.72. The Bertz CT molecular complexity index is 1050. The first-order valence-electron chi connectivity index (χ1n) is 9.41. The monoisotopic (exact) mass is 394 g/mol. The van der Waals surface area contributed by atoms with Gasteiger partial charge in [0.1, 0.15) is 6.61 Å². The van der Waals surface area contributed by atoms with Crippen molar-refractivity contribution in [2.24, 2.45) is 0 Å². The largest absolute Gasteiger partial charge is 0.534 e. The van der Waals surface area contributed by atoms with Crippen LogP contribution in [0.4, 0.5) is 10.5 Å². The summed E-state index contributed by atoms with van der Waals surface area (Å²) >= 11 is 0. The number of anilines is 1. The number of benzene rings is 2. The zero-order chi connectivity index (χ0) is 20.5. The van der Waals surface area contributed by atoms with Crippen molar-refractivity contribution < 1.29 is 24.6 Å². The number of aromatic hydroxyl groups is 2.